The van der Waals surface area contributed by atoms with E-state index in [1.165, 1.54) is 11.1 Å². The van der Waals surface area contributed by atoms with E-state index < -0.39 is 0 Å². The second-order valence-corrected chi connectivity index (χ2v) is 10.4. The number of halogens is 1. The number of fused-ring (bicyclic) bond motifs is 1. The maximum absolute atomic E-state index is 13.8. The van der Waals surface area contributed by atoms with Gasteiger partial charge in [-0.1, -0.05) is 80.9 Å². The fourth-order valence-electron chi connectivity index (χ4n) is 4.40. The van der Waals surface area contributed by atoms with Crippen LogP contribution in [0.25, 0.3) is 0 Å². The van der Waals surface area contributed by atoms with Gasteiger partial charge in [0.2, 0.25) is 0 Å². The third-order valence-corrected chi connectivity index (χ3v) is 6.58. The second kappa shape index (κ2) is 10.0. The number of rotatable bonds is 6. The summed E-state index contributed by atoms with van der Waals surface area (Å²) in [5.41, 5.74) is 6.68. The summed E-state index contributed by atoms with van der Waals surface area (Å²) >= 11 is 6.19. The van der Waals surface area contributed by atoms with Gasteiger partial charge in [-0.3, -0.25) is 4.79 Å². The minimum Gasteiger partial charge on any atom is -0.384 e. The van der Waals surface area contributed by atoms with Crippen LogP contribution in [0.1, 0.15) is 59.8 Å². The summed E-state index contributed by atoms with van der Waals surface area (Å²) in [4.78, 5) is 15.8. The molecule has 172 valence electrons. The van der Waals surface area contributed by atoms with E-state index >= 15 is 0 Å². The molecule has 3 aromatic rings. The van der Waals surface area contributed by atoms with Crippen LogP contribution in [0.15, 0.2) is 66.7 Å². The number of para-hydroxylation sites is 1. The molecule has 0 unspecified atom stereocenters. The van der Waals surface area contributed by atoms with Crippen LogP contribution >= 0.6 is 11.6 Å². The van der Waals surface area contributed by atoms with Crippen molar-refractivity contribution in [1.29, 1.82) is 0 Å². The molecule has 4 rings (SSSR count). The molecule has 0 saturated heterocycles. The average Bonchev–Trinajstić information content (AvgIpc) is 2.81. The Morgan fingerprint density at radius 3 is 2.48 bits per heavy atom. The predicted molar refractivity (Wildman–Crippen MR) is 138 cm³/mol. The van der Waals surface area contributed by atoms with Crippen molar-refractivity contribution in [3.63, 3.8) is 0 Å². The van der Waals surface area contributed by atoms with Crippen LogP contribution in [0.4, 0.5) is 5.69 Å². The molecule has 1 aliphatic rings. The highest BCUT2D eigenvalue weighted by atomic mass is 35.5. The van der Waals surface area contributed by atoms with Gasteiger partial charge in [-0.05, 0) is 65.1 Å². The summed E-state index contributed by atoms with van der Waals surface area (Å²) in [5.74, 6) is 0.0724. The van der Waals surface area contributed by atoms with Crippen LogP contribution in [0.3, 0.4) is 0 Å². The molecule has 0 aromatic heterocycles. The Balaban J connectivity index is 1.60. The number of carbonyl (C=O) groups excluding carboxylic acids is 1. The number of hydrogen-bond donors (Lipinski definition) is 1. The minimum atomic E-state index is 0.0724. The largest absolute Gasteiger partial charge is 0.384 e. The van der Waals surface area contributed by atoms with E-state index in [0.29, 0.717) is 13.1 Å². The van der Waals surface area contributed by atoms with E-state index in [4.69, 9.17) is 11.6 Å². The summed E-state index contributed by atoms with van der Waals surface area (Å²) < 4.78 is 0. The third kappa shape index (κ3) is 5.78. The van der Waals surface area contributed by atoms with Gasteiger partial charge in [0, 0.05) is 24.7 Å². The number of nitrogens with zero attached hydrogens (tertiary/aromatic N) is 1. The summed E-state index contributed by atoms with van der Waals surface area (Å²) in [6, 6.07) is 22.6. The van der Waals surface area contributed by atoms with E-state index in [0.717, 1.165) is 53.2 Å². The molecule has 0 atom stereocenters. The monoisotopic (exact) mass is 460 g/mol. The fraction of sp³-hybridized carbons (Fsp3) is 0.345. The molecule has 1 amide bonds. The first-order valence-corrected chi connectivity index (χ1v) is 12.2. The van der Waals surface area contributed by atoms with E-state index in [-0.39, 0.29) is 11.3 Å². The van der Waals surface area contributed by atoms with Crippen molar-refractivity contribution in [2.45, 2.75) is 52.0 Å². The quantitative estimate of drug-likeness (QED) is 0.434. The van der Waals surface area contributed by atoms with Crippen LogP contribution in [-0.4, -0.2) is 23.9 Å². The highest BCUT2D eigenvalue weighted by molar-refractivity contribution is 6.30. The Morgan fingerprint density at radius 1 is 1.00 bits per heavy atom. The van der Waals surface area contributed by atoms with Gasteiger partial charge in [0.1, 0.15) is 0 Å². The zero-order chi connectivity index (χ0) is 23.4. The van der Waals surface area contributed by atoms with Crippen LogP contribution in [0.2, 0.25) is 5.02 Å². The Hall–Kier alpha value is -2.78. The molecule has 0 spiro atoms. The van der Waals surface area contributed by atoms with Gasteiger partial charge in [-0.15, -0.1) is 0 Å². The van der Waals surface area contributed by atoms with Crippen molar-refractivity contribution in [2.75, 3.05) is 18.4 Å². The van der Waals surface area contributed by atoms with Crippen molar-refractivity contribution >= 4 is 23.2 Å². The van der Waals surface area contributed by atoms with Gasteiger partial charge < -0.3 is 10.2 Å². The Bertz CT molecular complexity index is 1120. The molecule has 0 radical (unpaired) electrons. The average molecular weight is 461 g/mol. The van der Waals surface area contributed by atoms with Crippen molar-refractivity contribution in [3.8, 4) is 0 Å². The zero-order valence-electron chi connectivity index (χ0n) is 19.8. The molecule has 0 aliphatic carbocycles. The molecule has 3 nitrogen and oxygen atoms in total. The third-order valence-electron chi connectivity index (χ3n) is 6.35. The van der Waals surface area contributed by atoms with Crippen LogP contribution < -0.4 is 5.32 Å². The number of anilines is 1. The van der Waals surface area contributed by atoms with Crippen molar-refractivity contribution < 1.29 is 4.79 Å². The number of hydrogen-bond acceptors (Lipinski definition) is 2. The molecule has 0 saturated carbocycles. The molecule has 3 aromatic carbocycles. The van der Waals surface area contributed by atoms with E-state index in [2.05, 4.69) is 62.5 Å². The lowest BCUT2D eigenvalue weighted by atomic mass is 9.87. The SMILES string of the molecule is CC(C)(C)c1ccc(CN(CCc2cccc(Cl)c2)C(=O)c2cccc3c2NCCC3)cc1. The molecule has 0 bridgehead atoms. The molecule has 1 N–H and O–H groups in total. The maximum atomic E-state index is 13.8. The molecule has 1 heterocycles. The highest BCUT2D eigenvalue weighted by Gasteiger charge is 2.23. The van der Waals surface area contributed by atoms with Crippen LogP contribution in [0, 0.1) is 0 Å². The first-order valence-electron chi connectivity index (χ1n) is 11.8. The number of benzene rings is 3. The van der Waals surface area contributed by atoms with Gasteiger partial charge in [0.15, 0.2) is 0 Å². The second-order valence-electron chi connectivity index (χ2n) is 9.92. The van der Waals surface area contributed by atoms with Gasteiger partial charge in [-0.2, -0.15) is 0 Å². The molecular weight excluding hydrogens is 428 g/mol. The number of nitrogens with one attached hydrogen (secondary N) is 1. The lowest BCUT2D eigenvalue weighted by molar-refractivity contribution is 0.0746. The smallest absolute Gasteiger partial charge is 0.256 e. The first kappa shape index (κ1) is 23.4. The van der Waals surface area contributed by atoms with Gasteiger partial charge in [0.05, 0.1) is 11.3 Å². The lowest BCUT2D eigenvalue weighted by Gasteiger charge is -2.27. The zero-order valence-corrected chi connectivity index (χ0v) is 20.6. The van der Waals surface area contributed by atoms with Crippen molar-refractivity contribution in [1.82, 2.24) is 4.90 Å². The van der Waals surface area contributed by atoms with Gasteiger partial charge in [-0.25, -0.2) is 0 Å². The Kier molecular flexibility index (Phi) is 7.09. The molecule has 1 aliphatic heterocycles. The predicted octanol–water partition coefficient (Wildman–Crippen LogP) is 6.88. The van der Waals surface area contributed by atoms with E-state index in [1.54, 1.807) is 0 Å². The topological polar surface area (TPSA) is 32.3 Å². The maximum Gasteiger partial charge on any atom is 0.256 e. The van der Waals surface area contributed by atoms with Gasteiger partial charge in [0.25, 0.3) is 5.91 Å². The van der Waals surface area contributed by atoms with Crippen LogP contribution in [-0.2, 0) is 24.8 Å². The molecular formula is C29H33ClN2O. The standard InChI is InChI=1S/C29H33ClN2O/c1-29(2,3)24-14-12-22(13-15-24)20-32(18-16-21-7-4-10-25(30)19-21)28(33)26-11-5-8-23-9-6-17-31-27(23)26/h4-5,7-8,10-15,19,31H,6,9,16-18,20H2,1-3H3. The van der Waals surface area contributed by atoms with E-state index in [9.17, 15) is 4.79 Å². The normalized spacial score (nSPS) is 13.2. The minimum absolute atomic E-state index is 0.0724. The summed E-state index contributed by atoms with van der Waals surface area (Å²) in [5, 5.41) is 4.20. The van der Waals surface area contributed by atoms with Gasteiger partial charge >= 0.3 is 0 Å². The number of amides is 1. The Labute approximate surface area is 202 Å². The summed E-state index contributed by atoms with van der Waals surface area (Å²) in [6.07, 6.45) is 2.87. The lowest BCUT2D eigenvalue weighted by Crippen LogP contribution is -2.33. The van der Waals surface area contributed by atoms with E-state index in [1.807, 2.05) is 35.2 Å². The first-order chi connectivity index (χ1) is 15.8. The Morgan fingerprint density at radius 2 is 1.76 bits per heavy atom. The molecule has 4 heteroatoms. The number of carbonyl (C=O) groups is 1. The summed E-state index contributed by atoms with van der Waals surface area (Å²) in [7, 11) is 0. The molecule has 33 heavy (non-hydrogen) atoms. The van der Waals surface area contributed by atoms with Crippen molar-refractivity contribution in [2.24, 2.45) is 0 Å². The fourth-order valence-corrected chi connectivity index (χ4v) is 4.61. The number of aryl methyl sites for hydroxylation is 1. The molecule has 0 fully saturated rings. The van der Waals surface area contributed by atoms with Crippen molar-refractivity contribution in [3.05, 3.63) is 99.6 Å². The highest BCUT2D eigenvalue weighted by Crippen LogP contribution is 2.28. The summed E-state index contributed by atoms with van der Waals surface area (Å²) in [6.45, 7) is 8.77. The van der Waals surface area contributed by atoms with Crippen LogP contribution in [0.5, 0.6) is 0 Å².